The van der Waals surface area contributed by atoms with E-state index in [1.807, 2.05) is 54.4 Å². The Labute approximate surface area is 172 Å². The first-order chi connectivity index (χ1) is 14.2. The van der Waals surface area contributed by atoms with Crippen molar-refractivity contribution >= 4 is 6.09 Å². The Kier molecular flexibility index (Phi) is 5.89. The normalized spacial score (nSPS) is 14.6. The summed E-state index contributed by atoms with van der Waals surface area (Å²) in [6.07, 6.45) is 4.33. The number of hydrogen-bond acceptors (Lipinski definition) is 3. The zero-order chi connectivity index (χ0) is 20.1. The summed E-state index contributed by atoms with van der Waals surface area (Å²) in [7, 11) is 0. The van der Waals surface area contributed by atoms with E-state index in [2.05, 4.69) is 35.3 Å². The molecule has 29 heavy (non-hydrogen) atoms. The highest BCUT2D eigenvalue weighted by Gasteiger charge is 2.24. The molecule has 1 saturated heterocycles. The van der Waals surface area contributed by atoms with Crippen molar-refractivity contribution in [2.75, 3.05) is 13.1 Å². The van der Waals surface area contributed by atoms with Gasteiger partial charge in [0, 0.05) is 31.4 Å². The van der Waals surface area contributed by atoms with Crippen LogP contribution in [0.2, 0.25) is 0 Å². The van der Waals surface area contributed by atoms with Crippen LogP contribution in [0, 0.1) is 6.92 Å². The van der Waals surface area contributed by atoms with Gasteiger partial charge in [0.05, 0.1) is 0 Å². The van der Waals surface area contributed by atoms with Gasteiger partial charge in [0.25, 0.3) is 0 Å². The second kappa shape index (κ2) is 8.91. The predicted molar refractivity (Wildman–Crippen MR) is 114 cm³/mol. The third-order valence-corrected chi connectivity index (χ3v) is 5.51. The van der Waals surface area contributed by atoms with E-state index in [9.17, 15) is 4.79 Å². The van der Waals surface area contributed by atoms with E-state index in [-0.39, 0.29) is 6.09 Å². The highest BCUT2D eigenvalue weighted by atomic mass is 16.6. The summed E-state index contributed by atoms with van der Waals surface area (Å²) in [4.78, 5) is 18.8. The molecule has 0 radical (unpaired) electrons. The van der Waals surface area contributed by atoms with Crippen LogP contribution in [-0.2, 0) is 6.42 Å². The molecule has 1 amide bonds. The van der Waals surface area contributed by atoms with E-state index >= 15 is 0 Å². The van der Waals surface area contributed by atoms with Crippen molar-refractivity contribution in [1.82, 2.24) is 9.88 Å². The number of piperidine rings is 1. The largest absolute Gasteiger partial charge is 0.415 e. The number of rotatable bonds is 4. The summed E-state index contributed by atoms with van der Waals surface area (Å²) in [6.45, 7) is 3.50. The molecule has 0 unspecified atom stereocenters. The third kappa shape index (κ3) is 5.02. The van der Waals surface area contributed by atoms with Gasteiger partial charge in [0.15, 0.2) is 0 Å². The Morgan fingerprint density at radius 1 is 1.00 bits per heavy atom. The van der Waals surface area contributed by atoms with Crippen LogP contribution in [0.1, 0.15) is 41.1 Å². The Balaban J connectivity index is 1.29. The molecule has 4 rings (SSSR count). The molecule has 1 aliphatic rings. The highest BCUT2D eigenvalue weighted by Crippen LogP contribution is 2.28. The zero-order valence-corrected chi connectivity index (χ0v) is 16.8. The molecule has 1 aromatic heterocycles. The van der Waals surface area contributed by atoms with Crippen LogP contribution in [0.25, 0.3) is 0 Å². The molecule has 0 atom stereocenters. The van der Waals surface area contributed by atoms with Crippen LogP contribution in [0.15, 0.2) is 72.9 Å². The van der Waals surface area contributed by atoms with E-state index in [4.69, 9.17) is 4.74 Å². The maximum Gasteiger partial charge on any atom is 0.415 e. The fraction of sp³-hybridized carbons (Fsp3) is 0.280. The van der Waals surface area contributed by atoms with Gasteiger partial charge in [-0.15, -0.1) is 0 Å². The third-order valence-electron chi connectivity index (χ3n) is 5.51. The Bertz CT molecular complexity index is 929. The van der Waals surface area contributed by atoms with E-state index < -0.39 is 0 Å². The SMILES string of the molecule is Cc1ccc(Cc2ccc(OC(=O)N3CCC(c4ccccc4)CC3)cc2)nc1. The number of hydrogen-bond donors (Lipinski definition) is 0. The quantitative estimate of drug-likeness (QED) is 0.606. The van der Waals surface area contributed by atoms with Crippen molar-refractivity contribution in [1.29, 1.82) is 0 Å². The number of amides is 1. The van der Waals surface area contributed by atoms with Crippen LogP contribution in [-0.4, -0.2) is 29.1 Å². The summed E-state index contributed by atoms with van der Waals surface area (Å²) >= 11 is 0. The lowest BCUT2D eigenvalue weighted by Gasteiger charge is -2.31. The molecule has 0 aliphatic carbocycles. The standard InChI is InChI=1S/C25H26N2O2/c1-19-7-10-23(26-18-19)17-20-8-11-24(12-9-20)29-25(28)27-15-13-22(14-16-27)21-5-3-2-4-6-21/h2-12,18,22H,13-17H2,1H3. The summed E-state index contributed by atoms with van der Waals surface area (Å²) in [6, 6.07) is 22.4. The Morgan fingerprint density at radius 2 is 1.72 bits per heavy atom. The number of benzene rings is 2. The van der Waals surface area contributed by atoms with Crippen LogP contribution in [0.3, 0.4) is 0 Å². The summed E-state index contributed by atoms with van der Waals surface area (Å²) in [5, 5.41) is 0. The first-order valence-corrected chi connectivity index (χ1v) is 10.2. The predicted octanol–water partition coefficient (Wildman–Crippen LogP) is 5.36. The lowest BCUT2D eigenvalue weighted by molar-refractivity contribution is 0.138. The maximum absolute atomic E-state index is 12.5. The maximum atomic E-state index is 12.5. The van der Waals surface area contributed by atoms with Crippen molar-refractivity contribution in [2.24, 2.45) is 0 Å². The number of carbonyl (C=O) groups is 1. The highest BCUT2D eigenvalue weighted by molar-refractivity contribution is 5.70. The first-order valence-electron chi connectivity index (χ1n) is 10.2. The van der Waals surface area contributed by atoms with E-state index in [1.165, 1.54) is 5.56 Å². The fourth-order valence-corrected chi connectivity index (χ4v) is 3.77. The molecule has 1 aliphatic heterocycles. The van der Waals surface area contributed by atoms with Crippen molar-refractivity contribution in [3.63, 3.8) is 0 Å². The average Bonchev–Trinajstić information content (AvgIpc) is 2.77. The minimum absolute atomic E-state index is 0.260. The van der Waals surface area contributed by atoms with Crippen molar-refractivity contribution < 1.29 is 9.53 Å². The molecule has 3 aromatic rings. The molecule has 2 aromatic carbocycles. The lowest BCUT2D eigenvalue weighted by Crippen LogP contribution is -2.39. The monoisotopic (exact) mass is 386 g/mol. The van der Waals surface area contributed by atoms with Gasteiger partial charge in [0.1, 0.15) is 5.75 Å². The van der Waals surface area contributed by atoms with Crippen LogP contribution in [0.4, 0.5) is 4.79 Å². The smallest absolute Gasteiger partial charge is 0.410 e. The lowest BCUT2D eigenvalue weighted by atomic mass is 9.90. The number of likely N-dealkylation sites (tertiary alicyclic amines) is 1. The summed E-state index contributed by atoms with van der Waals surface area (Å²) < 4.78 is 5.59. The van der Waals surface area contributed by atoms with Gasteiger partial charge < -0.3 is 9.64 Å². The second-order valence-electron chi connectivity index (χ2n) is 7.69. The van der Waals surface area contributed by atoms with Gasteiger partial charge in [-0.1, -0.05) is 48.5 Å². The number of carbonyl (C=O) groups excluding carboxylic acids is 1. The molecule has 0 spiro atoms. The van der Waals surface area contributed by atoms with Gasteiger partial charge in [0.2, 0.25) is 0 Å². The van der Waals surface area contributed by atoms with E-state index in [0.717, 1.165) is 49.2 Å². The molecule has 0 N–H and O–H groups in total. The van der Waals surface area contributed by atoms with Crippen molar-refractivity contribution in [3.8, 4) is 5.75 Å². The molecule has 4 nitrogen and oxygen atoms in total. The molecule has 4 heteroatoms. The zero-order valence-electron chi connectivity index (χ0n) is 16.8. The number of aryl methyl sites for hydroxylation is 1. The molecule has 148 valence electrons. The molecule has 2 heterocycles. The van der Waals surface area contributed by atoms with Crippen molar-refractivity contribution in [3.05, 3.63) is 95.3 Å². The van der Waals surface area contributed by atoms with Crippen LogP contribution < -0.4 is 4.74 Å². The number of pyridine rings is 1. The van der Waals surface area contributed by atoms with Crippen LogP contribution >= 0.6 is 0 Å². The topological polar surface area (TPSA) is 42.4 Å². The summed E-state index contributed by atoms with van der Waals surface area (Å²) in [5.74, 6) is 1.11. The first kappa shape index (κ1) is 19.2. The minimum atomic E-state index is -0.260. The van der Waals surface area contributed by atoms with Gasteiger partial charge in [-0.05, 0) is 60.6 Å². The number of nitrogens with zero attached hydrogens (tertiary/aromatic N) is 2. The molecular weight excluding hydrogens is 360 g/mol. The fourth-order valence-electron chi connectivity index (χ4n) is 3.77. The number of aromatic nitrogens is 1. The Hall–Kier alpha value is -3.14. The average molecular weight is 386 g/mol. The van der Waals surface area contributed by atoms with Gasteiger partial charge in [-0.3, -0.25) is 4.98 Å². The summed E-state index contributed by atoms with van der Waals surface area (Å²) in [5.41, 5.74) is 4.69. The minimum Gasteiger partial charge on any atom is -0.410 e. The molecule has 1 fully saturated rings. The Morgan fingerprint density at radius 3 is 2.38 bits per heavy atom. The molecular formula is C25H26N2O2. The number of ether oxygens (including phenoxy) is 1. The van der Waals surface area contributed by atoms with Crippen molar-refractivity contribution in [2.45, 2.75) is 32.1 Å². The van der Waals surface area contributed by atoms with Gasteiger partial charge >= 0.3 is 6.09 Å². The van der Waals surface area contributed by atoms with Gasteiger partial charge in [-0.2, -0.15) is 0 Å². The van der Waals surface area contributed by atoms with E-state index in [1.54, 1.807) is 0 Å². The second-order valence-corrected chi connectivity index (χ2v) is 7.69. The molecule has 0 bridgehead atoms. The van der Waals surface area contributed by atoms with Crippen LogP contribution in [0.5, 0.6) is 5.75 Å². The molecule has 0 saturated carbocycles. The van der Waals surface area contributed by atoms with Gasteiger partial charge in [-0.25, -0.2) is 4.79 Å². The van der Waals surface area contributed by atoms with E-state index in [0.29, 0.717) is 11.7 Å².